The Labute approximate surface area is 159 Å². The quantitative estimate of drug-likeness (QED) is 0.858. The van der Waals surface area contributed by atoms with Crippen LogP contribution >= 0.6 is 0 Å². The van der Waals surface area contributed by atoms with Crippen LogP contribution in [0.15, 0.2) is 42.5 Å². The van der Waals surface area contributed by atoms with Crippen molar-refractivity contribution >= 4 is 17.5 Å². The highest BCUT2D eigenvalue weighted by Gasteiger charge is 2.35. The van der Waals surface area contributed by atoms with E-state index in [2.05, 4.69) is 19.2 Å². The lowest BCUT2D eigenvalue weighted by Crippen LogP contribution is -2.28. The van der Waals surface area contributed by atoms with Crippen LogP contribution in [-0.4, -0.2) is 23.3 Å². The molecule has 27 heavy (non-hydrogen) atoms. The van der Waals surface area contributed by atoms with Gasteiger partial charge in [-0.25, -0.2) is 4.39 Å². The lowest BCUT2D eigenvalue weighted by atomic mass is 9.97. The van der Waals surface area contributed by atoms with Gasteiger partial charge in [-0.3, -0.25) is 9.59 Å². The van der Waals surface area contributed by atoms with Gasteiger partial charge in [-0.2, -0.15) is 0 Å². The molecule has 1 unspecified atom stereocenters. The van der Waals surface area contributed by atoms with E-state index in [1.165, 1.54) is 6.07 Å². The number of likely N-dealkylation sites (tertiary alicyclic amines) is 1. The van der Waals surface area contributed by atoms with Gasteiger partial charge >= 0.3 is 0 Å². The smallest absolute Gasteiger partial charge is 0.229 e. The maximum atomic E-state index is 13.9. The predicted octanol–water partition coefficient (Wildman–Crippen LogP) is 4.24. The predicted molar refractivity (Wildman–Crippen MR) is 104 cm³/mol. The Morgan fingerprint density at radius 1 is 1.22 bits per heavy atom. The number of para-hydroxylation sites is 1. The molecule has 4 nitrogen and oxygen atoms in total. The largest absolute Gasteiger partial charge is 0.337 e. The van der Waals surface area contributed by atoms with Crippen LogP contribution in [0.2, 0.25) is 0 Å². The maximum absolute atomic E-state index is 13.9. The topological polar surface area (TPSA) is 49.4 Å². The number of hydrogen-bond acceptors (Lipinski definition) is 2. The zero-order valence-electron chi connectivity index (χ0n) is 16.0. The normalized spacial score (nSPS) is 16.9. The van der Waals surface area contributed by atoms with E-state index in [0.29, 0.717) is 12.1 Å². The molecule has 2 aromatic rings. The lowest BCUT2D eigenvalue weighted by Gasteiger charge is -2.19. The fourth-order valence-electron chi connectivity index (χ4n) is 3.50. The first-order chi connectivity index (χ1) is 12.9. The number of halogens is 1. The molecule has 142 valence electrons. The van der Waals surface area contributed by atoms with Gasteiger partial charge in [0.1, 0.15) is 5.82 Å². The summed E-state index contributed by atoms with van der Waals surface area (Å²) in [5.74, 6) is -0.755. The van der Waals surface area contributed by atoms with E-state index in [0.717, 1.165) is 16.8 Å². The summed E-state index contributed by atoms with van der Waals surface area (Å²) in [5.41, 5.74) is 3.38. The van der Waals surface area contributed by atoms with Gasteiger partial charge in [-0.1, -0.05) is 50.2 Å². The molecule has 1 aliphatic heterocycles. The van der Waals surface area contributed by atoms with Crippen LogP contribution in [-0.2, 0) is 16.1 Å². The summed E-state index contributed by atoms with van der Waals surface area (Å²) >= 11 is 0. The molecule has 0 bridgehead atoms. The molecule has 2 aromatic carbocycles. The van der Waals surface area contributed by atoms with Gasteiger partial charge in [0.2, 0.25) is 11.8 Å². The summed E-state index contributed by atoms with van der Waals surface area (Å²) in [6.45, 7) is 6.63. The number of aryl methyl sites for hydroxylation is 1. The molecule has 0 saturated carbocycles. The summed E-state index contributed by atoms with van der Waals surface area (Å²) in [7, 11) is 0. The van der Waals surface area contributed by atoms with Gasteiger partial charge in [0.25, 0.3) is 0 Å². The zero-order chi connectivity index (χ0) is 19.6. The van der Waals surface area contributed by atoms with E-state index in [9.17, 15) is 14.0 Å². The average Bonchev–Trinajstić information content (AvgIpc) is 2.99. The number of anilines is 1. The second kappa shape index (κ2) is 7.91. The monoisotopic (exact) mass is 368 g/mol. The van der Waals surface area contributed by atoms with Crippen LogP contribution < -0.4 is 5.32 Å². The minimum Gasteiger partial charge on any atom is -0.337 e. The highest BCUT2D eigenvalue weighted by molar-refractivity contribution is 5.98. The highest BCUT2D eigenvalue weighted by atomic mass is 19.1. The third kappa shape index (κ3) is 4.18. The molecule has 1 atom stereocenters. The van der Waals surface area contributed by atoms with Gasteiger partial charge in [-0.15, -0.1) is 0 Å². The first-order valence-corrected chi connectivity index (χ1v) is 9.28. The Hall–Kier alpha value is -2.69. The number of carbonyl (C=O) groups excluding carboxylic acids is 2. The number of rotatable bonds is 5. The van der Waals surface area contributed by atoms with Gasteiger partial charge in [-0.05, 0) is 30.0 Å². The van der Waals surface area contributed by atoms with Gasteiger partial charge in [0, 0.05) is 30.8 Å². The van der Waals surface area contributed by atoms with Crippen LogP contribution in [0.1, 0.15) is 42.9 Å². The summed E-state index contributed by atoms with van der Waals surface area (Å²) in [5, 5.41) is 3.03. The minimum atomic E-state index is -0.427. The molecule has 0 aromatic heterocycles. The first-order valence-electron chi connectivity index (χ1n) is 9.28. The molecule has 0 aliphatic carbocycles. The third-order valence-corrected chi connectivity index (χ3v) is 5.08. The van der Waals surface area contributed by atoms with Crippen molar-refractivity contribution in [1.82, 2.24) is 4.90 Å². The molecule has 2 amide bonds. The molecule has 1 heterocycles. The molecule has 1 saturated heterocycles. The molecule has 0 radical (unpaired) electrons. The fourth-order valence-corrected chi connectivity index (χ4v) is 3.50. The number of carbonyl (C=O) groups is 2. The molecule has 1 aliphatic rings. The summed E-state index contributed by atoms with van der Waals surface area (Å²) in [6.07, 6.45) is 0.156. The van der Waals surface area contributed by atoms with Gasteiger partial charge in [0.05, 0.1) is 5.92 Å². The van der Waals surface area contributed by atoms with Crippen molar-refractivity contribution in [3.05, 3.63) is 65.0 Å². The van der Waals surface area contributed by atoms with E-state index in [1.807, 2.05) is 25.1 Å². The standard InChI is InChI=1S/C22H25FN2O2/c1-14(2)18-9-6-7-15(3)21(18)24-22(27)17-11-20(26)25(13-17)12-16-8-4-5-10-19(16)23/h4-10,14,17H,11-13H2,1-3H3,(H,24,27). The second-order valence-corrected chi connectivity index (χ2v) is 7.45. The Morgan fingerprint density at radius 2 is 1.96 bits per heavy atom. The zero-order valence-corrected chi connectivity index (χ0v) is 16.0. The Morgan fingerprint density at radius 3 is 2.67 bits per heavy atom. The minimum absolute atomic E-state index is 0.118. The fraction of sp³-hybridized carbons (Fsp3) is 0.364. The Balaban J connectivity index is 1.71. The maximum Gasteiger partial charge on any atom is 0.229 e. The van der Waals surface area contributed by atoms with Crippen molar-refractivity contribution in [2.45, 2.75) is 39.7 Å². The van der Waals surface area contributed by atoms with Crippen molar-refractivity contribution in [2.75, 3.05) is 11.9 Å². The SMILES string of the molecule is Cc1cccc(C(C)C)c1NC(=O)C1CC(=O)N(Cc2ccccc2F)C1. The van der Waals surface area contributed by atoms with Gasteiger partial charge < -0.3 is 10.2 Å². The van der Waals surface area contributed by atoms with Crippen molar-refractivity contribution in [3.63, 3.8) is 0 Å². The lowest BCUT2D eigenvalue weighted by molar-refractivity contribution is -0.128. The molecular weight excluding hydrogens is 343 g/mol. The van der Waals surface area contributed by atoms with Crippen molar-refractivity contribution in [3.8, 4) is 0 Å². The average molecular weight is 368 g/mol. The van der Waals surface area contributed by atoms with Crippen molar-refractivity contribution in [1.29, 1.82) is 0 Å². The first kappa shape index (κ1) is 19.1. The number of amides is 2. The van der Waals surface area contributed by atoms with E-state index >= 15 is 0 Å². The third-order valence-electron chi connectivity index (χ3n) is 5.08. The summed E-state index contributed by atoms with van der Waals surface area (Å²) in [6, 6.07) is 12.4. The molecule has 1 N–H and O–H groups in total. The summed E-state index contributed by atoms with van der Waals surface area (Å²) < 4.78 is 13.9. The Kier molecular flexibility index (Phi) is 5.59. The van der Waals surface area contributed by atoms with Crippen LogP contribution in [0.3, 0.4) is 0 Å². The van der Waals surface area contributed by atoms with E-state index in [4.69, 9.17) is 0 Å². The molecule has 5 heteroatoms. The highest BCUT2D eigenvalue weighted by Crippen LogP contribution is 2.29. The van der Waals surface area contributed by atoms with E-state index in [1.54, 1.807) is 23.1 Å². The van der Waals surface area contributed by atoms with Crippen LogP contribution in [0.25, 0.3) is 0 Å². The molecule has 3 rings (SSSR count). The van der Waals surface area contributed by atoms with E-state index < -0.39 is 5.92 Å². The number of benzene rings is 2. The van der Waals surface area contributed by atoms with Crippen molar-refractivity contribution < 1.29 is 14.0 Å². The van der Waals surface area contributed by atoms with Crippen molar-refractivity contribution in [2.24, 2.45) is 5.92 Å². The molecular formula is C22H25FN2O2. The van der Waals surface area contributed by atoms with Crippen LogP contribution in [0.4, 0.5) is 10.1 Å². The molecule has 1 fully saturated rings. The second-order valence-electron chi connectivity index (χ2n) is 7.45. The van der Waals surface area contributed by atoms with E-state index in [-0.39, 0.29) is 36.5 Å². The summed E-state index contributed by atoms with van der Waals surface area (Å²) in [4.78, 5) is 26.7. The number of nitrogens with zero attached hydrogens (tertiary/aromatic N) is 1. The number of hydrogen-bond donors (Lipinski definition) is 1. The van der Waals surface area contributed by atoms with Crippen LogP contribution in [0, 0.1) is 18.7 Å². The van der Waals surface area contributed by atoms with Gasteiger partial charge in [0.15, 0.2) is 0 Å². The van der Waals surface area contributed by atoms with Crippen LogP contribution in [0.5, 0.6) is 0 Å². The Bertz CT molecular complexity index is 863. The molecule has 0 spiro atoms. The number of nitrogens with one attached hydrogen (secondary N) is 1.